The number of benzene rings is 1. The number of esters is 2. The van der Waals surface area contributed by atoms with Crippen molar-refractivity contribution < 1.29 is 33.0 Å². The molecule has 7 nitrogen and oxygen atoms in total. The van der Waals surface area contributed by atoms with E-state index in [9.17, 15) is 18.8 Å². The molecule has 3 atom stereocenters. The first kappa shape index (κ1) is 24.6. The van der Waals surface area contributed by atoms with Crippen LogP contribution in [0.3, 0.4) is 0 Å². The minimum Gasteiger partial charge on any atom is -0.468 e. The summed E-state index contributed by atoms with van der Waals surface area (Å²) in [5.41, 5.74) is 1.58. The molecule has 0 saturated heterocycles. The minimum atomic E-state index is -1.03. The molecule has 3 unspecified atom stereocenters. The van der Waals surface area contributed by atoms with Crippen LogP contribution in [-0.4, -0.2) is 44.7 Å². The molecule has 1 aromatic carbocycles. The second-order valence-corrected chi connectivity index (χ2v) is 8.31. The van der Waals surface area contributed by atoms with Gasteiger partial charge < -0.3 is 19.5 Å². The van der Waals surface area contributed by atoms with Crippen LogP contribution in [0.5, 0.6) is 0 Å². The van der Waals surface area contributed by atoms with E-state index in [0.29, 0.717) is 24.4 Å². The third kappa shape index (κ3) is 5.00. The van der Waals surface area contributed by atoms with Crippen molar-refractivity contribution in [3.05, 3.63) is 58.2 Å². The van der Waals surface area contributed by atoms with Crippen LogP contribution in [0, 0.1) is 17.7 Å². The second-order valence-electron chi connectivity index (χ2n) is 8.31. The number of halogens is 1. The predicted molar refractivity (Wildman–Crippen MR) is 118 cm³/mol. The summed E-state index contributed by atoms with van der Waals surface area (Å²) < 4.78 is 30.6. The Morgan fingerprint density at radius 1 is 1.18 bits per heavy atom. The highest BCUT2D eigenvalue weighted by atomic mass is 19.1. The maximum Gasteiger partial charge on any atom is 0.336 e. The Bertz CT molecular complexity index is 998. The van der Waals surface area contributed by atoms with Gasteiger partial charge in [-0.25, -0.2) is 9.18 Å². The molecular formula is C25H30FNO6. The number of Topliss-reactive ketones (excluding diaryl/α,β-unsaturated/α-hetero) is 1. The lowest BCUT2D eigenvalue weighted by atomic mass is 9.69. The van der Waals surface area contributed by atoms with Crippen LogP contribution in [0.2, 0.25) is 0 Å². The van der Waals surface area contributed by atoms with Crippen LogP contribution >= 0.6 is 0 Å². The highest BCUT2D eigenvalue weighted by molar-refractivity contribution is 6.12. The summed E-state index contributed by atoms with van der Waals surface area (Å²) in [6.07, 6.45) is 1.23. The summed E-state index contributed by atoms with van der Waals surface area (Å²) in [4.78, 5) is 39.1. The summed E-state index contributed by atoms with van der Waals surface area (Å²) in [5, 5.41) is 3.15. The van der Waals surface area contributed by atoms with E-state index in [2.05, 4.69) is 5.32 Å². The van der Waals surface area contributed by atoms with E-state index >= 15 is 0 Å². The molecular weight excluding hydrogens is 429 g/mol. The molecule has 0 spiro atoms. The highest BCUT2D eigenvalue weighted by Gasteiger charge is 2.47. The molecule has 33 heavy (non-hydrogen) atoms. The Balaban J connectivity index is 2.03. The first-order valence-corrected chi connectivity index (χ1v) is 11.1. The molecule has 1 heterocycles. The SMILES string of the molecule is CCCOCCOC(=O)C1=C(C)NC2=C(C(=O)C(C(=O)OC)C(C)C2)C1c1ccccc1F. The van der Waals surface area contributed by atoms with E-state index in [0.717, 1.165) is 6.42 Å². The fourth-order valence-electron chi connectivity index (χ4n) is 4.49. The number of ketones is 1. The number of rotatable bonds is 8. The van der Waals surface area contributed by atoms with Crippen molar-refractivity contribution in [3.8, 4) is 0 Å². The van der Waals surface area contributed by atoms with Crippen LogP contribution in [0.15, 0.2) is 46.8 Å². The number of hydrogen-bond donors (Lipinski definition) is 1. The van der Waals surface area contributed by atoms with Gasteiger partial charge in [0.25, 0.3) is 0 Å². The lowest BCUT2D eigenvalue weighted by Gasteiger charge is -2.38. The van der Waals surface area contributed by atoms with Crippen molar-refractivity contribution in [1.82, 2.24) is 5.32 Å². The van der Waals surface area contributed by atoms with E-state index < -0.39 is 35.4 Å². The van der Waals surface area contributed by atoms with Crippen LogP contribution in [-0.2, 0) is 28.6 Å². The average Bonchev–Trinajstić information content (AvgIpc) is 2.78. The Morgan fingerprint density at radius 2 is 1.91 bits per heavy atom. The first-order valence-electron chi connectivity index (χ1n) is 11.1. The van der Waals surface area contributed by atoms with Gasteiger partial charge in [0.1, 0.15) is 18.3 Å². The summed E-state index contributed by atoms with van der Waals surface area (Å²) in [6, 6.07) is 6.00. The van der Waals surface area contributed by atoms with Crippen molar-refractivity contribution in [2.45, 2.75) is 39.5 Å². The van der Waals surface area contributed by atoms with Gasteiger partial charge in [0.2, 0.25) is 0 Å². The third-order valence-corrected chi connectivity index (χ3v) is 5.99. The lowest BCUT2D eigenvalue weighted by Crippen LogP contribution is -2.43. The molecule has 1 aromatic rings. The Kier molecular flexibility index (Phi) is 8.02. The molecule has 2 aliphatic rings. The zero-order valence-corrected chi connectivity index (χ0v) is 19.4. The normalized spacial score (nSPS) is 22.6. The molecule has 178 valence electrons. The predicted octanol–water partition coefficient (Wildman–Crippen LogP) is 3.41. The first-order chi connectivity index (χ1) is 15.8. The van der Waals surface area contributed by atoms with Gasteiger partial charge in [0, 0.05) is 29.1 Å². The molecule has 0 aromatic heterocycles. The number of carbonyl (C=O) groups is 3. The van der Waals surface area contributed by atoms with E-state index in [1.165, 1.54) is 19.2 Å². The molecule has 8 heteroatoms. The molecule has 0 saturated carbocycles. The van der Waals surface area contributed by atoms with Crippen molar-refractivity contribution in [1.29, 1.82) is 0 Å². The fraction of sp³-hybridized carbons (Fsp3) is 0.480. The second kappa shape index (κ2) is 10.7. The van der Waals surface area contributed by atoms with Crippen LogP contribution in [0.25, 0.3) is 0 Å². The van der Waals surface area contributed by atoms with Crippen LogP contribution in [0.1, 0.15) is 45.1 Å². The number of allylic oxidation sites excluding steroid dienone is 3. The van der Waals surface area contributed by atoms with Gasteiger partial charge in [-0.15, -0.1) is 0 Å². The molecule has 0 radical (unpaired) electrons. The lowest BCUT2D eigenvalue weighted by molar-refractivity contribution is -0.151. The number of carbonyl (C=O) groups excluding carboxylic acids is 3. The van der Waals surface area contributed by atoms with E-state index in [1.807, 2.05) is 6.92 Å². The molecule has 1 aliphatic carbocycles. The van der Waals surface area contributed by atoms with Gasteiger partial charge in [-0.3, -0.25) is 9.59 Å². The molecule has 0 bridgehead atoms. The van der Waals surface area contributed by atoms with Crippen molar-refractivity contribution >= 4 is 17.7 Å². The maximum absolute atomic E-state index is 15.0. The summed E-state index contributed by atoms with van der Waals surface area (Å²) >= 11 is 0. The highest BCUT2D eigenvalue weighted by Crippen LogP contribution is 2.46. The number of nitrogens with one attached hydrogen (secondary N) is 1. The number of ether oxygens (including phenoxy) is 3. The van der Waals surface area contributed by atoms with Gasteiger partial charge >= 0.3 is 11.9 Å². The Hall–Kier alpha value is -3.00. The van der Waals surface area contributed by atoms with Gasteiger partial charge in [0.15, 0.2) is 5.78 Å². The smallest absolute Gasteiger partial charge is 0.336 e. The van der Waals surface area contributed by atoms with Gasteiger partial charge in [0.05, 0.1) is 25.2 Å². The van der Waals surface area contributed by atoms with Gasteiger partial charge in [-0.1, -0.05) is 32.0 Å². The van der Waals surface area contributed by atoms with Crippen LogP contribution in [0.4, 0.5) is 4.39 Å². The minimum absolute atomic E-state index is 0.0290. The van der Waals surface area contributed by atoms with Crippen molar-refractivity contribution in [2.24, 2.45) is 11.8 Å². The molecule has 0 amide bonds. The Labute approximate surface area is 193 Å². The van der Waals surface area contributed by atoms with E-state index in [4.69, 9.17) is 14.2 Å². The topological polar surface area (TPSA) is 90.9 Å². The van der Waals surface area contributed by atoms with Crippen molar-refractivity contribution in [2.75, 3.05) is 26.9 Å². The van der Waals surface area contributed by atoms with Crippen LogP contribution < -0.4 is 5.32 Å². The quantitative estimate of drug-likeness (QED) is 0.362. The van der Waals surface area contributed by atoms with Gasteiger partial charge in [-0.05, 0) is 31.7 Å². The van der Waals surface area contributed by atoms with Gasteiger partial charge in [-0.2, -0.15) is 0 Å². The summed E-state index contributed by atoms with van der Waals surface area (Å²) in [7, 11) is 1.23. The summed E-state index contributed by atoms with van der Waals surface area (Å²) in [5.74, 6) is -4.67. The third-order valence-electron chi connectivity index (χ3n) is 5.99. The summed E-state index contributed by atoms with van der Waals surface area (Å²) in [6.45, 7) is 6.28. The zero-order valence-electron chi connectivity index (χ0n) is 19.4. The molecule has 1 N–H and O–H groups in total. The van der Waals surface area contributed by atoms with E-state index in [-0.39, 0.29) is 35.8 Å². The number of methoxy groups -OCH3 is 1. The number of hydrogen-bond acceptors (Lipinski definition) is 7. The molecule has 1 aliphatic heterocycles. The molecule has 3 rings (SSSR count). The number of dihydropyridines is 1. The standard InChI is InChI=1S/C25H30FNO6/c1-5-10-32-11-12-33-25(30)20-15(3)27-18-13-14(2)19(24(29)31-4)23(28)22(18)21(20)16-8-6-7-9-17(16)26/h6-9,14,19,21,27H,5,10-13H2,1-4H3. The largest absolute Gasteiger partial charge is 0.468 e. The van der Waals surface area contributed by atoms with E-state index in [1.54, 1.807) is 26.0 Å². The fourth-order valence-corrected chi connectivity index (χ4v) is 4.49. The van der Waals surface area contributed by atoms with Crippen molar-refractivity contribution in [3.63, 3.8) is 0 Å². The maximum atomic E-state index is 15.0. The average molecular weight is 460 g/mol. The Morgan fingerprint density at radius 3 is 2.58 bits per heavy atom. The monoisotopic (exact) mass is 459 g/mol. The molecule has 0 fully saturated rings. The zero-order chi connectivity index (χ0) is 24.1.